The van der Waals surface area contributed by atoms with Gasteiger partial charge in [0.05, 0.1) is 0 Å². The van der Waals surface area contributed by atoms with Crippen LogP contribution in [0.4, 0.5) is 0 Å². The van der Waals surface area contributed by atoms with Crippen molar-refractivity contribution in [1.29, 1.82) is 0 Å². The van der Waals surface area contributed by atoms with E-state index in [2.05, 4.69) is 19.9 Å². The molecule has 0 aromatic heterocycles. The number of hydrogen-bond donors (Lipinski definition) is 0. The molecule has 1 radical (unpaired) electrons. The molecule has 57 valence electrons. The van der Waals surface area contributed by atoms with Gasteiger partial charge >= 0.3 is 0 Å². The molecule has 0 bridgehead atoms. The van der Waals surface area contributed by atoms with Crippen molar-refractivity contribution in [3.63, 3.8) is 0 Å². The zero-order valence-corrected chi connectivity index (χ0v) is 6.79. The van der Waals surface area contributed by atoms with E-state index in [0.717, 1.165) is 5.75 Å². The van der Waals surface area contributed by atoms with Gasteiger partial charge in [-0.05, 0) is 25.1 Å². The van der Waals surface area contributed by atoms with Crippen molar-refractivity contribution in [3.05, 3.63) is 29.8 Å². The predicted molar refractivity (Wildman–Crippen MR) is 43.8 cm³/mol. The molecule has 1 aliphatic heterocycles. The monoisotopic (exact) mass is 147 g/mol. The molecular formula is C10H11O. The van der Waals surface area contributed by atoms with Crippen molar-refractivity contribution in [2.45, 2.75) is 25.9 Å². The number of rotatable bonds is 0. The molecule has 0 fully saturated rings. The minimum absolute atomic E-state index is 0.320. The van der Waals surface area contributed by atoms with Crippen LogP contribution in [0.3, 0.4) is 0 Å². The van der Waals surface area contributed by atoms with Gasteiger partial charge < -0.3 is 4.74 Å². The second-order valence-corrected chi connectivity index (χ2v) is 3.08. The molecule has 1 heteroatoms. The van der Waals surface area contributed by atoms with E-state index in [4.69, 9.17) is 4.74 Å². The van der Waals surface area contributed by atoms with Gasteiger partial charge in [0, 0.05) is 11.5 Å². The lowest BCUT2D eigenvalue weighted by Crippen LogP contribution is -2.10. The Morgan fingerprint density at radius 3 is 3.00 bits per heavy atom. The first kappa shape index (κ1) is 6.71. The van der Waals surface area contributed by atoms with E-state index < -0.39 is 0 Å². The summed E-state index contributed by atoms with van der Waals surface area (Å²) in [5.74, 6) is 1.55. The maximum absolute atomic E-state index is 5.60. The van der Waals surface area contributed by atoms with Gasteiger partial charge in [0.1, 0.15) is 11.9 Å². The minimum Gasteiger partial charge on any atom is -0.490 e. The molecule has 0 aliphatic carbocycles. The summed E-state index contributed by atoms with van der Waals surface area (Å²) in [6.45, 7) is 4.29. The Balaban J connectivity index is 2.47. The average molecular weight is 147 g/mol. The molecule has 1 aliphatic rings. The van der Waals surface area contributed by atoms with E-state index in [1.807, 2.05) is 18.2 Å². The van der Waals surface area contributed by atoms with Crippen LogP contribution < -0.4 is 4.74 Å². The van der Waals surface area contributed by atoms with Crippen LogP contribution in [0.25, 0.3) is 0 Å². The zero-order valence-electron chi connectivity index (χ0n) is 6.79. The summed E-state index contributed by atoms with van der Waals surface area (Å²) in [7, 11) is 0. The molecular weight excluding hydrogens is 136 g/mol. The van der Waals surface area contributed by atoms with Gasteiger partial charge in [-0.1, -0.05) is 13.0 Å². The van der Waals surface area contributed by atoms with Crippen LogP contribution in [-0.4, -0.2) is 6.10 Å². The van der Waals surface area contributed by atoms with E-state index in [1.54, 1.807) is 0 Å². The van der Waals surface area contributed by atoms with Gasteiger partial charge in [-0.25, -0.2) is 0 Å². The summed E-state index contributed by atoms with van der Waals surface area (Å²) >= 11 is 0. The van der Waals surface area contributed by atoms with Gasteiger partial charge in [0.2, 0.25) is 0 Å². The van der Waals surface area contributed by atoms with Gasteiger partial charge in [0.25, 0.3) is 0 Å². The van der Waals surface area contributed by atoms with E-state index in [1.165, 1.54) is 5.56 Å². The van der Waals surface area contributed by atoms with Gasteiger partial charge in [0.15, 0.2) is 0 Å². The fraction of sp³-hybridized carbons (Fsp3) is 0.400. The highest BCUT2D eigenvalue weighted by molar-refractivity contribution is 5.39. The van der Waals surface area contributed by atoms with Crippen molar-refractivity contribution < 1.29 is 4.74 Å². The summed E-state index contributed by atoms with van der Waals surface area (Å²) in [4.78, 5) is 0. The Labute approximate surface area is 67.0 Å². The van der Waals surface area contributed by atoms with Crippen LogP contribution in [0.1, 0.15) is 25.3 Å². The molecule has 1 aromatic rings. The van der Waals surface area contributed by atoms with E-state index in [0.29, 0.717) is 12.0 Å². The van der Waals surface area contributed by atoms with Crippen molar-refractivity contribution in [1.82, 2.24) is 0 Å². The van der Waals surface area contributed by atoms with Crippen LogP contribution in [0.15, 0.2) is 18.2 Å². The predicted octanol–water partition coefficient (Wildman–Crippen LogP) is 2.37. The Hall–Kier alpha value is -0.980. The van der Waals surface area contributed by atoms with Crippen LogP contribution in [-0.2, 0) is 0 Å². The molecule has 0 spiro atoms. The second kappa shape index (κ2) is 2.26. The lowest BCUT2D eigenvalue weighted by atomic mass is 9.99. The molecule has 0 N–H and O–H groups in total. The summed E-state index contributed by atoms with van der Waals surface area (Å²) in [6, 6.07) is 8.96. The SMILES string of the molecule is CC1Oc2cc[c]cc2C1C. The lowest BCUT2D eigenvalue weighted by Gasteiger charge is -2.06. The molecule has 0 saturated carbocycles. The summed E-state index contributed by atoms with van der Waals surface area (Å²) in [6.07, 6.45) is 0.320. The summed E-state index contributed by atoms with van der Waals surface area (Å²) in [5.41, 5.74) is 1.29. The normalized spacial score (nSPS) is 27.8. The third kappa shape index (κ3) is 0.917. The van der Waals surface area contributed by atoms with E-state index >= 15 is 0 Å². The first-order chi connectivity index (χ1) is 5.29. The Kier molecular flexibility index (Phi) is 1.38. The van der Waals surface area contributed by atoms with Crippen LogP contribution in [0.2, 0.25) is 0 Å². The van der Waals surface area contributed by atoms with Gasteiger partial charge in [-0.15, -0.1) is 0 Å². The first-order valence-corrected chi connectivity index (χ1v) is 3.95. The highest BCUT2D eigenvalue weighted by Gasteiger charge is 2.26. The largest absolute Gasteiger partial charge is 0.490 e. The number of ether oxygens (including phenoxy) is 1. The molecule has 2 atom stereocenters. The second-order valence-electron chi connectivity index (χ2n) is 3.08. The zero-order chi connectivity index (χ0) is 7.84. The molecule has 2 rings (SSSR count). The number of fused-ring (bicyclic) bond motifs is 1. The molecule has 1 aromatic carbocycles. The highest BCUT2D eigenvalue weighted by Crippen LogP contribution is 2.36. The smallest absolute Gasteiger partial charge is 0.123 e. The van der Waals surface area contributed by atoms with Crippen LogP contribution >= 0.6 is 0 Å². The van der Waals surface area contributed by atoms with Gasteiger partial charge in [-0.2, -0.15) is 0 Å². The molecule has 0 saturated heterocycles. The van der Waals surface area contributed by atoms with E-state index in [-0.39, 0.29) is 0 Å². The molecule has 1 heterocycles. The Bertz CT molecular complexity index is 267. The van der Waals surface area contributed by atoms with Gasteiger partial charge in [-0.3, -0.25) is 0 Å². The van der Waals surface area contributed by atoms with Crippen LogP contribution in [0, 0.1) is 6.07 Å². The quantitative estimate of drug-likeness (QED) is 0.547. The molecule has 2 unspecified atom stereocenters. The summed E-state index contributed by atoms with van der Waals surface area (Å²) < 4.78 is 5.60. The summed E-state index contributed by atoms with van der Waals surface area (Å²) in [5, 5.41) is 0. The Morgan fingerprint density at radius 2 is 2.27 bits per heavy atom. The number of benzene rings is 1. The number of hydrogen-bond acceptors (Lipinski definition) is 1. The van der Waals surface area contributed by atoms with Crippen molar-refractivity contribution in [3.8, 4) is 5.75 Å². The maximum Gasteiger partial charge on any atom is 0.123 e. The molecule has 1 nitrogen and oxygen atoms in total. The van der Waals surface area contributed by atoms with Crippen LogP contribution in [0.5, 0.6) is 5.75 Å². The topological polar surface area (TPSA) is 9.23 Å². The highest BCUT2D eigenvalue weighted by atomic mass is 16.5. The van der Waals surface area contributed by atoms with Crippen molar-refractivity contribution >= 4 is 0 Å². The average Bonchev–Trinajstić information content (AvgIpc) is 2.30. The molecule has 0 amide bonds. The maximum atomic E-state index is 5.60. The van der Waals surface area contributed by atoms with Crippen molar-refractivity contribution in [2.24, 2.45) is 0 Å². The fourth-order valence-corrected chi connectivity index (χ4v) is 1.45. The first-order valence-electron chi connectivity index (χ1n) is 3.95. The minimum atomic E-state index is 0.320. The van der Waals surface area contributed by atoms with E-state index in [9.17, 15) is 0 Å². The third-order valence-electron chi connectivity index (χ3n) is 2.36. The fourth-order valence-electron chi connectivity index (χ4n) is 1.45. The third-order valence-corrected chi connectivity index (χ3v) is 2.36. The van der Waals surface area contributed by atoms with Crippen molar-refractivity contribution in [2.75, 3.05) is 0 Å². The standard InChI is InChI=1S/C10H11O/c1-7-8(2)11-10-6-4-3-5-9(7)10/h4-8H,1-2H3. The Morgan fingerprint density at radius 1 is 1.45 bits per heavy atom. The molecule has 11 heavy (non-hydrogen) atoms. The lowest BCUT2D eigenvalue weighted by molar-refractivity contribution is 0.232.